The summed E-state index contributed by atoms with van der Waals surface area (Å²) in [7, 11) is 0. The molecule has 5 heteroatoms. The van der Waals surface area contributed by atoms with Crippen LogP contribution in [0.25, 0.3) is 0 Å². The third-order valence-electron chi connectivity index (χ3n) is 3.71. The van der Waals surface area contributed by atoms with Gasteiger partial charge >= 0.3 is 0 Å². The van der Waals surface area contributed by atoms with Crippen LogP contribution < -0.4 is 10.6 Å². The van der Waals surface area contributed by atoms with Crippen molar-refractivity contribution in [1.82, 2.24) is 20.6 Å². The first-order valence-electron chi connectivity index (χ1n) is 7.12. The van der Waals surface area contributed by atoms with Crippen molar-refractivity contribution in [2.24, 2.45) is 0 Å². The fraction of sp³-hybridized carbons (Fsp3) is 0.312. The Labute approximate surface area is 123 Å². The van der Waals surface area contributed by atoms with E-state index >= 15 is 0 Å². The second-order valence-corrected chi connectivity index (χ2v) is 5.20. The van der Waals surface area contributed by atoms with Gasteiger partial charge in [0.15, 0.2) is 0 Å². The minimum Gasteiger partial charge on any atom is -0.345 e. The number of nitrogens with zero attached hydrogens (tertiary/aromatic N) is 2. The van der Waals surface area contributed by atoms with E-state index in [-0.39, 0.29) is 11.7 Å². The van der Waals surface area contributed by atoms with Gasteiger partial charge in [0.05, 0.1) is 5.69 Å². The van der Waals surface area contributed by atoms with Gasteiger partial charge in [-0.3, -0.25) is 4.79 Å². The van der Waals surface area contributed by atoms with Crippen LogP contribution in [0.1, 0.15) is 33.0 Å². The Bertz CT molecular complexity index is 669. The number of hydrogen-bond acceptors (Lipinski definition) is 4. The fourth-order valence-electron chi connectivity index (χ4n) is 2.41. The summed E-state index contributed by atoms with van der Waals surface area (Å²) in [6.07, 6.45) is 2.59. The lowest BCUT2D eigenvalue weighted by Crippen LogP contribution is -2.29. The number of carbonyl (C=O) groups excluding carboxylic acids is 1. The van der Waals surface area contributed by atoms with Crippen LogP contribution in [0, 0.1) is 6.92 Å². The zero-order chi connectivity index (χ0) is 14.7. The molecule has 1 aromatic carbocycles. The molecule has 0 atom stereocenters. The maximum Gasteiger partial charge on any atom is 0.289 e. The van der Waals surface area contributed by atoms with Crippen molar-refractivity contribution in [1.29, 1.82) is 0 Å². The molecule has 0 aliphatic carbocycles. The van der Waals surface area contributed by atoms with Gasteiger partial charge in [-0.1, -0.05) is 24.3 Å². The molecule has 2 N–H and O–H groups in total. The number of fused-ring (bicyclic) bond motifs is 1. The molecular formula is C16H18N4O. The molecule has 0 unspecified atom stereocenters. The number of hydrogen-bond donors (Lipinski definition) is 2. The van der Waals surface area contributed by atoms with E-state index in [0.717, 1.165) is 41.9 Å². The predicted molar refractivity (Wildman–Crippen MR) is 79.8 cm³/mol. The molecular weight excluding hydrogens is 264 g/mol. The van der Waals surface area contributed by atoms with Gasteiger partial charge in [0.1, 0.15) is 0 Å². The van der Waals surface area contributed by atoms with E-state index in [1.165, 1.54) is 0 Å². The Kier molecular flexibility index (Phi) is 3.92. The maximum atomic E-state index is 12.2. The predicted octanol–water partition coefficient (Wildman–Crippen LogP) is 1.36. The van der Waals surface area contributed by atoms with E-state index in [2.05, 4.69) is 20.6 Å². The molecule has 2 heterocycles. The van der Waals surface area contributed by atoms with E-state index in [1.54, 1.807) is 6.20 Å². The van der Waals surface area contributed by atoms with Crippen molar-refractivity contribution in [3.8, 4) is 0 Å². The van der Waals surface area contributed by atoms with Crippen LogP contribution in [0.15, 0.2) is 30.5 Å². The SMILES string of the molecule is Cc1ccccc1CNC(=O)c1ncc2c(n1)CCNC2. The second-order valence-electron chi connectivity index (χ2n) is 5.20. The summed E-state index contributed by atoms with van der Waals surface area (Å²) in [5.41, 5.74) is 4.32. The third-order valence-corrected chi connectivity index (χ3v) is 3.71. The van der Waals surface area contributed by atoms with Crippen LogP contribution in [0.3, 0.4) is 0 Å². The highest BCUT2D eigenvalue weighted by Crippen LogP contribution is 2.10. The smallest absolute Gasteiger partial charge is 0.289 e. The third kappa shape index (κ3) is 3.08. The van der Waals surface area contributed by atoms with Crippen LogP contribution >= 0.6 is 0 Å². The highest BCUT2D eigenvalue weighted by atomic mass is 16.2. The maximum absolute atomic E-state index is 12.2. The Balaban J connectivity index is 1.69. The van der Waals surface area contributed by atoms with Crippen LogP contribution in [-0.2, 0) is 19.5 Å². The first-order valence-corrected chi connectivity index (χ1v) is 7.12. The van der Waals surface area contributed by atoms with Gasteiger partial charge in [0, 0.05) is 37.8 Å². The van der Waals surface area contributed by atoms with Crippen LogP contribution in [0.5, 0.6) is 0 Å². The monoisotopic (exact) mass is 282 g/mol. The number of benzene rings is 1. The number of nitrogens with one attached hydrogen (secondary N) is 2. The van der Waals surface area contributed by atoms with Gasteiger partial charge in [0.25, 0.3) is 5.91 Å². The Hall–Kier alpha value is -2.27. The summed E-state index contributed by atoms with van der Waals surface area (Å²) < 4.78 is 0. The van der Waals surface area contributed by atoms with Gasteiger partial charge in [-0.15, -0.1) is 0 Å². The summed E-state index contributed by atoms with van der Waals surface area (Å²) in [6, 6.07) is 8.00. The second kappa shape index (κ2) is 6.01. The van der Waals surface area contributed by atoms with E-state index in [4.69, 9.17) is 0 Å². The minimum atomic E-state index is -0.223. The molecule has 0 saturated carbocycles. The molecule has 2 aromatic rings. The number of aryl methyl sites for hydroxylation is 1. The standard InChI is InChI=1S/C16H18N4O/c1-11-4-2-3-5-12(11)9-19-16(21)15-18-10-13-8-17-7-6-14(13)20-15/h2-5,10,17H,6-9H2,1H3,(H,19,21). The summed E-state index contributed by atoms with van der Waals surface area (Å²) in [4.78, 5) is 20.7. The van der Waals surface area contributed by atoms with Crippen LogP contribution in [0.2, 0.25) is 0 Å². The molecule has 0 spiro atoms. The fourth-order valence-corrected chi connectivity index (χ4v) is 2.41. The molecule has 108 valence electrons. The van der Waals surface area contributed by atoms with Gasteiger partial charge in [-0.05, 0) is 18.1 Å². The van der Waals surface area contributed by atoms with Crippen molar-refractivity contribution in [2.45, 2.75) is 26.4 Å². The highest BCUT2D eigenvalue weighted by Gasteiger charge is 2.15. The highest BCUT2D eigenvalue weighted by molar-refractivity contribution is 5.90. The summed E-state index contributed by atoms with van der Waals surface area (Å²) >= 11 is 0. The zero-order valence-electron chi connectivity index (χ0n) is 12.0. The average Bonchev–Trinajstić information content (AvgIpc) is 2.53. The lowest BCUT2D eigenvalue weighted by atomic mass is 10.1. The van der Waals surface area contributed by atoms with Gasteiger partial charge < -0.3 is 10.6 Å². The number of carbonyl (C=O) groups is 1. The Morgan fingerprint density at radius 3 is 3.10 bits per heavy atom. The molecule has 21 heavy (non-hydrogen) atoms. The van der Waals surface area contributed by atoms with E-state index in [0.29, 0.717) is 6.54 Å². The number of aromatic nitrogens is 2. The molecule has 0 fully saturated rings. The van der Waals surface area contributed by atoms with Crippen molar-refractivity contribution in [3.63, 3.8) is 0 Å². The molecule has 5 nitrogen and oxygen atoms in total. The number of amides is 1. The summed E-state index contributed by atoms with van der Waals surface area (Å²) in [5.74, 6) is 0.0313. The van der Waals surface area contributed by atoms with E-state index < -0.39 is 0 Å². The Morgan fingerprint density at radius 2 is 2.24 bits per heavy atom. The molecule has 0 radical (unpaired) electrons. The first-order chi connectivity index (χ1) is 10.2. The average molecular weight is 282 g/mol. The Morgan fingerprint density at radius 1 is 1.38 bits per heavy atom. The van der Waals surface area contributed by atoms with E-state index in [1.807, 2.05) is 31.2 Å². The molecule has 0 saturated heterocycles. The summed E-state index contributed by atoms with van der Waals surface area (Å²) in [6.45, 7) is 4.20. The molecule has 1 aliphatic rings. The van der Waals surface area contributed by atoms with Crippen molar-refractivity contribution in [2.75, 3.05) is 6.54 Å². The first kappa shape index (κ1) is 13.7. The molecule has 1 amide bonds. The largest absolute Gasteiger partial charge is 0.345 e. The minimum absolute atomic E-state index is 0.223. The van der Waals surface area contributed by atoms with E-state index in [9.17, 15) is 4.79 Å². The normalized spacial score (nSPS) is 13.6. The van der Waals surface area contributed by atoms with Gasteiger partial charge in [-0.2, -0.15) is 0 Å². The topological polar surface area (TPSA) is 66.9 Å². The van der Waals surface area contributed by atoms with Crippen molar-refractivity contribution in [3.05, 3.63) is 58.7 Å². The molecule has 1 aromatic heterocycles. The summed E-state index contributed by atoms with van der Waals surface area (Å²) in [5, 5.41) is 6.15. The van der Waals surface area contributed by atoms with Gasteiger partial charge in [-0.25, -0.2) is 9.97 Å². The molecule has 3 rings (SSSR count). The zero-order valence-corrected chi connectivity index (χ0v) is 12.0. The van der Waals surface area contributed by atoms with Crippen molar-refractivity contribution < 1.29 is 4.79 Å². The van der Waals surface area contributed by atoms with Crippen molar-refractivity contribution >= 4 is 5.91 Å². The van der Waals surface area contributed by atoms with Gasteiger partial charge in [0.2, 0.25) is 5.82 Å². The number of rotatable bonds is 3. The lowest BCUT2D eigenvalue weighted by Gasteiger charge is -2.16. The lowest BCUT2D eigenvalue weighted by molar-refractivity contribution is 0.0940. The molecule has 0 bridgehead atoms. The van der Waals surface area contributed by atoms with Crippen LogP contribution in [0.4, 0.5) is 0 Å². The van der Waals surface area contributed by atoms with Crippen LogP contribution in [-0.4, -0.2) is 22.4 Å². The quantitative estimate of drug-likeness (QED) is 0.892. The molecule has 1 aliphatic heterocycles.